The first kappa shape index (κ1) is 13.2. The van der Waals surface area contributed by atoms with Crippen LogP contribution in [0.1, 0.15) is 10.4 Å². The van der Waals surface area contributed by atoms with Gasteiger partial charge in [0.15, 0.2) is 5.84 Å². The van der Waals surface area contributed by atoms with E-state index in [2.05, 4.69) is 15.8 Å². The van der Waals surface area contributed by atoms with Crippen LogP contribution < -0.4 is 16.5 Å². The number of carbonyl (C=O) groups is 1. The molecule has 92 valence electrons. The molecule has 5 N–H and O–H groups in total. The predicted octanol–water partition coefficient (Wildman–Crippen LogP) is 0.274. The van der Waals surface area contributed by atoms with Crippen molar-refractivity contribution in [2.75, 3.05) is 12.5 Å². The van der Waals surface area contributed by atoms with E-state index in [0.717, 1.165) is 0 Å². The third kappa shape index (κ3) is 3.31. The molecule has 0 bridgehead atoms. The number of anilines is 1. The molecule has 0 aliphatic carbocycles. The zero-order chi connectivity index (χ0) is 13.5. The van der Waals surface area contributed by atoms with E-state index in [1.807, 2.05) is 0 Å². The Kier molecular flexibility index (Phi) is 4.40. The smallest absolute Gasteiger partial charge is 0.251 e. The third-order valence-corrected chi connectivity index (χ3v) is 2.03. The molecule has 0 unspecified atom stereocenters. The fraction of sp³-hybridized carbons (Fsp3) is 0.0909. The van der Waals surface area contributed by atoms with Crippen LogP contribution in [-0.2, 0) is 0 Å². The molecule has 0 aromatic heterocycles. The maximum absolute atomic E-state index is 11.3. The van der Waals surface area contributed by atoms with E-state index in [1.54, 1.807) is 37.4 Å². The molecule has 18 heavy (non-hydrogen) atoms. The van der Waals surface area contributed by atoms with Crippen LogP contribution in [0, 0.1) is 16.7 Å². The first-order chi connectivity index (χ1) is 8.58. The summed E-state index contributed by atoms with van der Waals surface area (Å²) in [5.41, 5.74) is 8.59. The summed E-state index contributed by atoms with van der Waals surface area (Å²) in [5, 5.41) is 21.9. The molecule has 0 radical (unpaired) electrons. The van der Waals surface area contributed by atoms with Crippen LogP contribution in [0.2, 0.25) is 0 Å². The Labute approximate surface area is 104 Å². The van der Waals surface area contributed by atoms with Crippen molar-refractivity contribution in [3.05, 3.63) is 29.8 Å². The Morgan fingerprint density at radius 3 is 2.50 bits per heavy atom. The molecule has 0 spiro atoms. The van der Waals surface area contributed by atoms with Crippen LogP contribution in [0.5, 0.6) is 0 Å². The average Bonchev–Trinajstić information content (AvgIpc) is 2.39. The number of benzene rings is 1. The fourth-order valence-corrected chi connectivity index (χ4v) is 1.11. The molecule has 0 fully saturated rings. The monoisotopic (exact) mass is 244 g/mol. The lowest BCUT2D eigenvalue weighted by atomic mass is 10.2. The van der Waals surface area contributed by atoms with Gasteiger partial charge in [-0.25, -0.2) is 0 Å². The lowest BCUT2D eigenvalue weighted by Gasteiger charge is -2.03. The average molecular weight is 244 g/mol. The maximum atomic E-state index is 11.3. The van der Waals surface area contributed by atoms with Crippen molar-refractivity contribution in [3.63, 3.8) is 0 Å². The van der Waals surface area contributed by atoms with Gasteiger partial charge in [0.25, 0.3) is 5.91 Å². The maximum Gasteiger partial charge on any atom is 0.251 e. The number of nitrogens with two attached hydrogens (primary N) is 1. The van der Waals surface area contributed by atoms with E-state index >= 15 is 0 Å². The van der Waals surface area contributed by atoms with Gasteiger partial charge in [-0.3, -0.25) is 15.6 Å². The zero-order valence-electron chi connectivity index (χ0n) is 9.69. The lowest BCUT2D eigenvalue weighted by Crippen LogP contribution is -2.21. The van der Waals surface area contributed by atoms with Crippen LogP contribution >= 0.6 is 0 Å². The molecule has 0 aliphatic heterocycles. The van der Waals surface area contributed by atoms with Gasteiger partial charge in [0, 0.05) is 12.6 Å². The minimum atomic E-state index is -0.410. The highest BCUT2D eigenvalue weighted by Crippen LogP contribution is 2.09. The number of amidine groups is 1. The topological polar surface area (TPSA) is 127 Å². The van der Waals surface area contributed by atoms with Crippen LogP contribution in [0.15, 0.2) is 29.4 Å². The number of hydrazone groups is 1. The summed E-state index contributed by atoms with van der Waals surface area (Å²) in [6, 6.07) is 8.16. The highest BCUT2D eigenvalue weighted by atomic mass is 16.1. The molecule has 1 amide bonds. The lowest BCUT2D eigenvalue weighted by molar-refractivity contribution is 0.0963. The molecule has 0 aliphatic rings. The highest BCUT2D eigenvalue weighted by molar-refractivity contribution is 6.45. The van der Waals surface area contributed by atoms with E-state index in [1.165, 1.54) is 0 Å². The number of nitriles is 1. The van der Waals surface area contributed by atoms with Crippen molar-refractivity contribution < 1.29 is 4.79 Å². The molecule has 7 heteroatoms. The molecule has 1 aromatic rings. The molecule has 0 heterocycles. The third-order valence-electron chi connectivity index (χ3n) is 2.03. The first-order valence-electron chi connectivity index (χ1n) is 4.98. The van der Waals surface area contributed by atoms with Crippen molar-refractivity contribution in [1.29, 1.82) is 10.7 Å². The van der Waals surface area contributed by atoms with Crippen molar-refractivity contribution >= 4 is 23.1 Å². The quantitative estimate of drug-likeness (QED) is 0.344. The summed E-state index contributed by atoms with van der Waals surface area (Å²) >= 11 is 0. The van der Waals surface area contributed by atoms with Crippen molar-refractivity contribution in [2.24, 2.45) is 10.8 Å². The minimum absolute atomic E-state index is 0.188. The second-order valence-electron chi connectivity index (χ2n) is 3.25. The van der Waals surface area contributed by atoms with Gasteiger partial charge in [0.05, 0.1) is 5.69 Å². The summed E-state index contributed by atoms with van der Waals surface area (Å²) in [4.78, 5) is 11.3. The van der Waals surface area contributed by atoms with Gasteiger partial charge in [-0.05, 0) is 24.3 Å². The molecule has 0 saturated heterocycles. The number of hydrogen-bond donors (Lipinski definition) is 4. The zero-order valence-corrected chi connectivity index (χ0v) is 9.69. The first-order valence-corrected chi connectivity index (χ1v) is 4.98. The molecular weight excluding hydrogens is 232 g/mol. The molecule has 1 aromatic carbocycles. The number of hydrogen-bond acceptors (Lipinski definition) is 5. The van der Waals surface area contributed by atoms with Gasteiger partial charge in [0.1, 0.15) is 6.07 Å². The van der Waals surface area contributed by atoms with Crippen LogP contribution in [0.4, 0.5) is 5.69 Å². The van der Waals surface area contributed by atoms with E-state index in [9.17, 15) is 4.79 Å². The standard InChI is InChI=1S/C11H12N6O/c1-15-11(18)7-2-4-8(5-3-7)16-17-9(6-12)10(13)14/h2-5,16H,1H3,(H3,13,14)(H,15,18)/b17-9+. The van der Waals surface area contributed by atoms with Gasteiger partial charge in [0.2, 0.25) is 5.71 Å². The minimum Gasteiger partial charge on any atom is -0.382 e. The Bertz CT molecular complexity index is 525. The summed E-state index contributed by atoms with van der Waals surface area (Å²) < 4.78 is 0. The van der Waals surface area contributed by atoms with Gasteiger partial charge in [-0.1, -0.05) is 0 Å². The van der Waals surface area contributed by atoms with Crippen LogP contribution in [0.3, 0.4) is 0 Å². The second kappa shape index (κ2) is 6.00. The van der Waals surface area contributed by atoms with E-state index in [4.69, 9.17) is 16.4 Å². The number of rotatable bonds is 4. The van der Waals surface area contributed by atoms with Gasteiger partial charge in [-0.2, -0.15) is 10.4 Å². The predicted molar refractivity (Wildman–Crippen MR) is 68.4 cm³/mol. The van der Waals surface area contributed by atoms with Gasteiger partial charge >= 0.3 is 0 Å². The SMILES string of the molecule is CNC(=O)c1ccc(N/N=C(\C#N)C(=N)N)cc1. The molecule has 1 rings (SSSR count). The van der Waals surface area contributed by atoms with Gasteiger partial charge < -0.3 is 11.1 Å². The summed E-state index contributed by atoms with van der Waals surface area (Å²) in [6.07, 6.45) is 0. The van der Waals surface area contributed by atoms with Gasteiger partial charge in [-0.15, -0.1) is 0 Å². The van der Waals surface area contributed by atoms with Crippen LogP contribution in [-0.4, -0.2) is 24.5 Å². The van der Waals surface area contributed by atoms with E-state index in [0.29, 0.717) is 11.3 Å². The fourth-order valence-electron chi connectivity index (χ4n) is 1.11. The Balaban J connectivity index is 2.79. The second-order valence-corrected chi connectivity index (χ2v) is 3.25. The Morgan fingerprint density at radius 1 is 1.44 bits per heavy atom. The number of nitrogens with zero attached hydrogens (tertiary/aromatic N) is 2. The molecule has 7 nitrogen and oxygen atoms in total. The largest absolute Gasteiger partial charge is 0.382 e. The number of carbonyl (C=O) groups excluding carboxylic acids is 1. The molecular formula is C11H12N6O. The Hall–Kier alpha value is -2.88. The van der Waals surface area contributed by atoms with E-state index in [-0.39, 0.29) is 11.6 Å². The number of nitrogens with one attached hydrogen (secondary N) is 3. The summed E-state index contributed by atoms with van der Waals surface area (Å²) in [7, 11) is 1.55. The van der Waals surface area contributed by atoms with Crippen LogP contribution in [0.25, 0.3) is 0 Å². The molecule has 0 saturated carbocycles. The Morgan fingerprint density at radius 2 is 2.06 bits per heavy atom. The van der Waals surface area contributed by atoms with Crippen molar-refractivity contribution in [2.45, 2.75) is 0 Å². The normalized spacial score (nSPS) is 10.3. The van der Waals surface area contributed by atoms with E-state index < -0.39 is 5.84 Å². The highest BCUT2D eigenvalue weighted by Gasteiger charge is 2.03. The molecule has 0 atom stereocenters. The van der Waals surface area contributed by atoms with Crippen molar-refractivity contribution in [1.82, 2.24) is 5.32 Å². The van der Waals surface area contributed by atoms with Crippen molar-refractivity contribution in [3.8, 4) is 6.07 Å². The summed E-state index contributed by atoms with van der Waals surface area (Å²) in [5.74, 6) is -0.599. The number of amides is 1. The summed E-state index contributed by atoms with van der Waals surface area (Å²) in [6.45, 7) is 0.